The molecule has 16 heavy (non-hydrogen) atoms. The Morgan fingerprint density at radius 1 is 1.50 bits per heavy atom. The number of rotatable bonds is 3. The minimum Gasteiger partial charge on any atom is -0.469 e. The molecule has 0 bridgehead atoms. The molecule has 88 valence electrons. The van der Waals surface area contributed by atoms with Crippen LogP contribution >= 0.6 is 11.6 Å². The Bertz CT molecular complexity index is 390. The molecule has 0 aliphatic heterocycles. The Labute approximate surface area is 100.0 Å². The van der Waals surface area contributed by atoms with E-state index in [0.717, 1.165) is 5.56 Å². The first-order valence-electron chi connectivity index (χ1n) is 4.99. The van der Waals surface area contributed by atoms with Crippen molar-refractivity contribution in [3.63, 3.8) is 0 Å². The second-order valence-electron chi connectivity index (χ2n) is 3.77. The highest BCUT2D eigenvalue weighted by atomic mass is 35.5. The molecule has 4 heteroatoms. The minimum absolute atomic E-state index is 0.441. The quantitative estimate of drug-likeness (QED) is 0.829. The number of benzene rings is 1. The average molecular weight is 243 g/mol. The maximum Gasteiger partial charge on any atom is 0.311 e. The second kappa shape index (κ2) is 5.32. The van der Waals surface area contributed by atoms with E-state index in [2.05, 4.69) is 4.74 Å². The van der Waals surface area contributed by atoms with Gasteiger partial charge in [-0.2, -0.15) is 0 Å². The highest BCUT2D eigenvalue weighted by molar-refractivity contribution is 6.31. The molecule has 1 rings (SSSR count). The molecule has 3 nitrogen and oxygen atoms in total. The Morgan fingerprint density at radius 3 is 2.62 bits per heavy atom. The summed E-state index contributed by atoms with van der Waals surface area (Å²) < 4.78 is 4.58. The predicted octanol–water partition coefficient (Wildman–Crippen LogP) is 2.49. The van der Waals surface area contributed by atoms with Gasteiger partial charge < -0.3 is 9.84 Å². The van der Waals surface area contributed by atoms with Crippen molar-refractivity contribution in [3.8, 4) is 0 Å². The van der Waals surface area contributed by atoms with Crippen LogP contribution in [0.2, 0.25) is 5.02 Å². The minimum atomic E-state index is -0.898. The summed E-state index contributed by atoms with van der Waals surface area (Å²) in [5.74, 6) is -1.05. The van der Waals surface area contributed by atoms with E-state index in [4.69, 9.17) is 11.6 Å². The van der Waals surface area contributed by atoms with Gasteiger partial charge in [0.1, 0.15) is 0 Å². The average Bonchev–Trinajstić information content (AvgIpc) is 2.29. The van der Waals surface area contributed by atoms with E-state index in [1.54, 1.807) is 19.1 Å². The third-order valence-electron chi connectivity index (χ3n) is 2.58. The van der Waals surface area contributed by atoms with Crippen LogP contribution in [0.3, 0.4) is 0 Å². The Balaban J connectivity index is 2.91. The van der Waals surface area contributed by atoms with Crippen LogP contribution in [0, 0.1) is 12.8 Å². The maximum atomic E-state index is 11.3. The van der Waals surface area contributed by atoms with Gasteiger partial charge in [-0.25, -0.2) is 0 Å². The SMILES string of the molecule is COC(=O)C(C)C(O)c1ccc(C)c(Cl)c1. The Morgan fingerprint density at radius 2 is 2.12 bits per heavy atom. The van der Waals surface area contributed by atoms with Gasteiger partial charge >= 0.3 is 5.97 Å². The molecule has 1 aromatic rings. The Kier molecular flexibility index (Phi) is 4.33. The van der Waals surface area contributed by atoms with Crippen LogP contribution in [0.1, 0.15) is 24.2 Å². The van der Waals surface area contributed by atoms with Gasteiger partial charge in [0.25, 0.3) is 0 Å². The summed E-state index contributed by atoms with van der Waals surface area (Å²) >= 11 is 5.95. The molecule has 0 amide bonds. The van der Waals surface area contributed by atoms with Gasteiger partial charge in [-0.1, -0.05) is 23.7 Å². The number of esters is 1. The monoisotopic (exact) mass is 242 g/mol. The summed E-state index contributed by atoms with van der Waals surface area (Å²) in [5.41, 5.74) is 1.55. The first-order valence-corrected chi connectivity index (χ1v) is 5.37. The molecule has 0 heterocycles. The molecule has 1 N–H and O–H groups in total. The molecular weight excluding hydrogens is 228 g/mol. The number of carbonyl (C=O) groups is 1. The number of aliphatic hydroxyl groups is 1. The Hall–Kier alpha value is -1.06. The zero-order valence-corrected chi connectivity index (χ0v) is 10.3. The molecule has 0 radical (unpaired) electrons. The van der Waals surface area contributed by atoms with Crippen molar-refractivity contribution in [1.82, 2.24) is 0 Å². The molecule has 0 aliphatic rings. The van der Waals surface area contributed by atoms with Gasteiger partial charge in [0.05, 0.1) is 19.1 Å². The van der Waals surface area contributed by atoms with E-state index in [-0.39, 0.29) is 0 Å². The van der Waals surface area contributed by atoms with Crippen LogP contribution in [0.5, 0.6) is 0 Å². The van der Waals surface area contributed by atoms with Crippen LogP contribution in [-0.2, 0) is 9.53 Å². The number of aliphatic hydroxyl groups excluding tert-OH is 1. The fourth-order valence-electron chi connectivity index (χ4n) is 1.40. The summed E-state index contributed by atoms with van der Waals surface area (Å²) in [4.78, 5) is 11.3. The third-order valence-corrected chi connectivity index (χ3v) is 2.99. The molecule has 0 fully saturated rings. The number of hydrogen-bond donors (Lipinski definition) is 1. The van der Waals surface area contributed by atoms with Crippen molar-refractivity contribution in [3.05, 3.63) is 34.3 Å². The van der Waals surface area contributed by atoms with E-state index < -0.39 is 18.0 Å². The smallest absolute Gasteiger partial charge is 0.311 e. The molecule has 0 saturated heterocycles. The van der Waals surface area contributed by atoms with Gasteiger partial charge in [-0.05, 0) is 31.0 Å². The fourth-order valence-corrected chi connectivity index (χ4v) is 1.59. The van der Waals surface area contributed by atoms with Gasteiger partial charge in [-0.15, -0.1) is 0 Å². The van der Waals surface area contributed by atoms with Gasteiger partial charge in [0.2, 0.25) is 0 Å². The van der Waals surface area contributed by atoms with E-state index in [0.29, 0.717) is 10.6 Å². The molecule has 0 spiro atoms. The van der Waals surface area contributed by atoms with Gasteiger partial charge in [0.15, 0.2) is 0 Å². The number of aryl methyl sites for hydroxylation is 1. The molecular formula is C12H15ClO3. The number of methoxy groups -OCH3 is 1. The molecule has 0 saturated carbocycles. The van der Waals surface area contributed by atoms with E-state index in [9.17, 15) is 9.90 Å². The van der Waals surface area contributed by atoms with Crippen LogP contribution in [0.25, 0.3) is 0 Å². The zero-order chi connectivity index (χ0) is 12.3. The number of halogens is 1. The lowest BCUT2D eigenvalue weighted by Gasteiger charge is -2.17. The van der Waals surface area contributed by atoms with Crippen LogP contribution < -0.4 is 0 Å². The lowest BCUT2D eigenvalue weighted by atomic mass is 9.97. The first kappa shape index (κ1) is 13.0. The lowest BCUT2D eigenvalue weighted by Crippen LogP contribution is -2.20. The summed E-state index contributed by atoms with van der Waals surface area (Å²) in [5, 5.41) is 10.5. The zero-order valence-electron chi connectivity index (χ0n) is 9.53. The third kappa shape index (κ3) is 2.74. The second-order valence-corrected chi connectivity index (χ2v) is 4.17. The number of hydrogen-bond acceptors (Lipinski definition) is 3. The highest BCUT2D eigenvalue weighted by Gasteiger charge is 2.24. The van der Waals surface area contributed by atoms with Gasteiger partial charge in [0, 0.05) is 5.02 Å². The number of carbonyl (C=O) groups excluding carboxylic acids is 1. The van der Waals surface area contributed by atoms with Crippen molar-refractivity contribution < 1.29 is 14.6 Å². The summed E-state index contributed by atoms with van der Waals surface area (Å²) in [6, 6.07) is 5.23. The highest BCUT2D eigenvalue weighted by Crippen LogP contribution is 2.26. The van der Waals surface area contributed by atoms with Crippen molar-refractivity contribution in [2.45, 2.75) is 20.0 Å². The fraction of sp³-hybridized carbons (Fsp3) is 0.417. The van der Waals surface area contributed by atoms with Crippen LogP contribution in [0.4, 0.5) is 0 Å². The normalized spacial score (nSPS) is 14.3. The van der Waals surface area contributed by atoms with Gasteiger partial charge in [-0.3, -0.25) is 4.79 Å². The lowest BCUT2D eigenvalue weighted by molar-refractivity contribution is -0.148. The molecule has 2 atom stereocenters. The molecule has 0 aromatic heterocycles. The van der Waals surface area contributed by atoms with Crippen molar-refractivity contribution in [2.75, 3.05) is 7.11 Å². The largest absolute Gasteiger partial charge is 0.469 e. The van der Waals surface area contributed by atoms with Crippen molar-refractivity contribution >= 4 is 17.6 Å². The van der Waals surface area contributed by atoms with Crippen molar-refractivity contribution in [2.24, 2.45) is 5.92 Å². The van der Waals surface area contributed by atoms with E-state index in [1.165, 1.54) is 7.11 Å². The van der Waals surface area contributed by atoms with Crippen LogP contribution in [-0.4, -0.2) is 18.2 Å². The summed E-state index contributed by atoms with van der Waals surface area (Å²) in [6.07, 6.45) is -0.898. The predicted molar refractivity (Wildman–Crippen MR) is 62.3 cm³/mol. The van der Waals surface area contributed by atoms with E-state index in [1.807, 2.05) is 13.0 Å². The number of ether oxygens (including phenoxy) is 1. The molecule has 0 aliphatic carbocycles. The summed E-state index contributed by atoms with van der Waals surface area (Å²) in [7, 11) is 1.30. The molecule has 1 aromatic carbocycles. The topological polar surface area (TPSA) is 46.5 Å². The van der Waals surface area contributed by atoms with Crippen LogP contribution in [0.15, 0.2) is 18.2 Å². The standard InChI is InChI=1S/C12H15ClO3/c1-7-4-5-9(6-10(7)13)11(14)8(2)12(15)16-3/h4-6,8,11,14H,1-3H3. The first-order chi connectivity index (χ1) is 7.47. The summed E-state index contributed by atoms with van der Waals surface area (Å²) in [6.45, 7) is 3.49. The van der Waals surface area contributed by atoms with E-state index >= 15 is 0 Å². The molecule has 2 unspecified atom stereocenters. The maximum absolute atomic E-state index is 11.3. The van der Waals surface area contributed by atoms with Crippen molar-refractivity contribution in [1.29, 1.82) is 0 Å².